The van der Waals surface area contributed by atoms with Gasteiger partial charge in [0.25, 0.3) is 0 Å². The predicted octanol–water partition coefficient (Wildman–Crippen LogP) is 2.31. The first-order valence-electron chi connectivity index (χ1n) is 7.18. The lowest BCUT2D eigenvalue weighted by molar-refractivity contribution is -0.147. The van der Waals surface area contributed by atoms with Crippen molar-refractivity contribution >= 4 is 11.9 Å². The summed E-state index contributed by atoms with van der Waals surface area (Å²) in [5.41, 5.74) is -0.246. The van der Waals surface area contributed by atoms with E-state index in [4.69, 9.17) is 4.74 Å². The van der Waals surface area contributed by atoms with Crippen molar-refractivity contribution in [1.29, 1.82) is 0 Å². The van der Waals surface area contributed by atoms with Gasteiger partial charge < -0.3 is 15.2 Å². The Morgan fingerprint density at radius 2 is 1.81 bits per heavy atom. The Labute approximate surface area is 124 Å². The molecule has 1 aliphatic carbocycles. The third-order valence-corrected chi connectivity index (χ3v) is 4.24. The molecular formula is C16H21NO4. The van der Waals surface area contributed by atoms with Crippen molar-refractivity contribution in [3.05, 3.63) is 29.8 Å². The standard InChI is InChI=1S/C16H21NO4/c1-11(12-5-7-13(21-2)8-6-12)14(18)17-16(15(19)20)9-3-4-10-16/h5-8,11H,3-4,9-10H2,1-2H3,(H,17,18)(H,19,20). The van der Waals surface area contributed by atoms with Crippen molar-refractivity contribution in [2.24, 2.45) is 0 Å². The highest BCUT2D eigenvalue weighted by Crippen LogP contribution is 2.31. The van der Waals surface area contributed by atoms with Crippen LogP contribution in [0.15, 0.2) is 24.3 Å². The first kappa shape index (κ1) is 15.4. The Morgan fingerprint density at radius 1 is 1.24 bits per heavy atom. The number of methoxy groups -OCH3 is 1. The van der Waals surface area contributed by atoms with Crippen LogP contribution >= 0.6 is 0 Å². The number of amides is 1. The third kappa shape index (κ3) is 3.17. The van der Waals surface area contributed by atoms with Crippen molar-refractivity contribution in [1.82, 2.24) is 5.32 Å². The molecule has 1 aromatic carbocycles. The second-order valence-corrected chi connectivity index (χ2v) is 5.58. The van der Waals surface area contributed by atoms with E-state index < -0.39 is 17.4 Å². The molecule has 0 saturated heterocycles. The van der Waals surface area contributed by atoms with Gasteiger partial charge in [-0.1, -0.05) is 25.0 Å². The molecule has 5 nitrogen and oxygen atoms in total. The summed E-state index contributed by atoms with van der Waals surface area (Å²) >= 11 is 0. The summed E-state index contributed by atoms with van der Waals surface area (Å²) < 4.78 is 5.09. The Morgan fingerprint density at radius 3 is 2.29 bits per heavy atom. The number of ether oxygens (including phenoxy) is 1. The van der Waals surface area contributed by atoms with Gasteiger partial charge in [0.15, 0.2) is 0 Å². The number of carbonyl (C=O) groups excluding carboxylic acids is 1. The van der Waals surface area contributed by atoms with Crippen LogP contribution in [-0.2, 0) is 9.59 Å². The van der Waals surface area contributed by atoms with Crippen LogP contribution in [0.3, 0.4) is 0 Å². The molecule has 1 saturated carbocycles. The van der Waals surface area contributed by atoms with Crippen LogP contribution < -0.4 is 10.1 Å². The molecule has 0 bridgehead atoms. The fourth-order valence-electron chi connectivity index (χ4n) is 2.76. The van der Waals surface area contributed by atoms with Crippen molar-refractivity contribution in [2.75, 3.05) is 7.11 Å². The summed E-state index contributed by atoms with van der Waals surface area (Å²) in [7, 11) is 1.59. The molecule has 0 spiro atoms. The molecule has 0 heterocycles. The Balaban J connectivity index is 2.09. The zero-order valence-electron chi connectivity index (χ0n) is 12.4. The second-order valence-electron chi connectivity index (χ2n) is 5.58. The zero-order valence-corrected chi connectivity index (χ0v) is 12.4. The van der Waals surface area contributed by atoms with Crippen LogP contribution in [0.5, 0.6) is 5.75 Å². The van der Waals surface area contributed by atoms with Gasteiger partial charge >= 0.3 is 5.97 Å². The summed E-state index contributed by atoms with van der Waals surface area (Å²) in [5, 5.41) is 12.2. The average molecular weight is 291 g/mol. The van der Waals surface area contributed by atoms with Gasteiger partial charge in [-0.25, -0.2) is 4.79 Å². The minimum Gasteiger partial charge on any atom is -0.497 e. The molecular weight excluding hydrogens is 270 g/mol. The number of rotatable bonds is 5. The van der Waals surface area contributed by atoms with E-state index in [1.165, 1.54) is 0 Å². The van der Waals surface area contributed by atoms with Gasteiger partial charge in [-0.15, -0.1) is 0 Å². The zero-order chi connectivity index (χ0) is 15.5. The van der Waals surface area contributed by atoms with E-state index in [0.717, 1.165) is 24.2 Å². The maximum absolute atomic E-state index is 12.4. The van der Waals surface area contributed by atoms with Gasteiger partial charge in [0, 0.05) is 0 Å². The summed E-state index contributed by atoms with van der Waals surface area (Å²) in [6, 6.07) is 7.24. The summed E-state index contributed by atoms with van der Waals surface area (Å²) in [5.74, 6) is -0.850. The third-order valence-electron chi connectivity index (χ3n) is 4.24. The van der Waals surface area contributed by atoms with Crippen molar-refractivity contribution in [2.45, 2.75) is 44.1 Å². The Kier molecular flexibility index (Phi) is 4.50. The molecule has 0 aromatic heterocycles. The minimum absolute atomic E-state index is 0.246. The van der Waals surface area contributed by atoms with Gasteiger partial charge in [-0.3, -0.25) is 4.79 Å². The van der Waals surface area contributed by atoms with Crippen LogP contribution in [0.2, 0.25) is 0 Å². The maximum atomic E-state index is 12.4. The van der Waals surface area contributed by atoms with E-state index in [9.17, 15) is 14.7 Å². The molecule has 1 aliphatic rings. The maximum Gasteiger partial charge on any atom is 0.329 e. The number of aliphatic carboxylic acids is 1. The Hall–Kier alpha value is -2.04. The van der Waals surface area contributed by atoms with Crippen LogP contribution in [0.1, 0.15) is 44.1 Å². The van der Waals surface area contributed by atoms with Crippen LogP contribution in [-0.4, -0.2) is 29.6 Å². The second kappa shape index (κ2) is 6.16. The smallest absolute Gasteiger partial charge is 0.329 e. The molecule has 1 unspecified atom stereocenters. The average Bonchev–Trinajstić information content (AvgIpc) is 2.96. The fourth-order valence-corrected chi connectivity index (χ4v) is 2.76. The van der Waals surface area contributed by atoms with Gasteiger partial charge in [-0.2, -0.15) is 0 Å². The van der Waals surface area contributed by atoms with Gasteiger partial charge in [0.2, 0.25) is 5.91 Å². The molecule has 1 amide bonds. The SMILES string of the molecule is COc1ccc(C(C)C(=O)NC2(C(=O)O)CCCC2)cc1. The van der Waals surface area contributed by atoms with Gasteiger partial charge in [0.1, 0.15) is 11.3 Å². The van der Waals surface area contributed by atoms with E-state index >= 15 is 0 Å². The van der Waals surface area contributed by atoms with Gasteiger partial charge in [0.05, 0.1) is 13.0 Å². The highest BCUT2D eigenvalue weighted by atomic mass is 16.5. The van der Waals surface area contributed by atoms with Gasteiger partial charge in [-0.05, 0) is 37.5 Å². The minimum atomic E-state index is -1.09. The molecule has 21 heavy (non-hydrogen) atoms. The largest absolute Gasteiger partial charge is 0.497 e. The molecule has 2 N–H and O–H groups in total. The number of hydrogen-bond acceptors (Lipinski definition) is 3. The summed E-state index contributed by atoms with van der Waals surface area (Å²) in [6.07, 6.45) is 2.68. The first-order valence-corrected chi connectivity index (χ1v) is 7.18. The lowest BCUT2D eigenvalue weighted by Crippen LogP contribution is -2.53. The molecule has 0 aliphatic heterocycles. The molecule has 2 rings (SSSR count). The van der Waals surface area contributed by atoms with Crippen LogP contribution in [0, 0.1) is 0 Å². The topological polar surface area (TPSA) is 75.6 Å². The van der Waals surface area contributed by atoms with E-state index in [-0.39, 0.29) is 5.91 Å². The van der Waals surface area contributed by atoms with E-state index in [1.807, 2.05) is 12.1 Å². The molecule has 5 heteroatoms. The van der Waals surface area contributed by atoms with Crippen molar-refractivity contribution in [3.8, 4) is 5.75 Å². The quantitative estimate of drug-likeness (QED) is 0.873. The van der Waals surface area contributed by atoms with E-state index in [2.05, 4.69) is 5.32 Å². The normalized spacial score (nSPS) is 18.0. The monoisotopic (exact) mass is 291 g/mol. The summed E-state index contributed by atoms with van der Waals surface area (Å²) in [6.45, 7) is 1.78. The lowest BCUT2D eigenvalue weighted by Gasteiger charge is -2.27. The highest BCUT2D eigenvalue weighted by molar-refractivity contribution is 5.90. The molecule has 1 atom stereocenters. The molecule has 1 aromatic rings. The number of carbonyl (C=O) groups is 2. The number of hydrogen-bond donors (Lipinski definition) is 2. The lowest BCUT2D eigenvalue weighted by atomic mass is 9.94. The first-order chi connectivity index (χ1) is 9.98. The number of nitrogens with one attached hydrogen (secondary N) is 1. The van der Waals surface area contributed by atoms with Crippen LogP contribution in [0.4, 0.5) is 0 Å². The molecule has 114 valence electrons. The fraction of sp³-hybridized carbons (Fsp3) is 0.500. The number of carboxylic acid groups (broad SMARTS) is 1. The number of carboxylic acids is 1. The summed E-state index contributed by atoms with van der Waals surface area (Å²) in [4.78, 5) is 23.8. The molecule has 1 fully saturated rings. The number of benzene rings is 1. The molecule has 0 radical (unpaired) electrons. The van der Waals surface area contributed by atoms with Crippen molar-refractivity contribution < 1.29 is 19.4 Å². The predicted molar refractivity (Wildman–Crippen MR) is 78.4 cm³/mol. The highest BCUT2D eigenvalue weighted by Gasteiger charge is 2.43. The Bertz CT molecular complexity index is 518. The van der Waals surface area contributed by atoms with Crippen molar-refractivity contribution in [3.63, 3.8) is 0 Å². The van der Waals surface area contributed by atoms with E-state index in [0.29, 0.717) is 12.8 Å². The van der Waals surface area contributed by atoms with Crippen LogP contribution in [0.25, 0.3) is 0 Å². The van der Waals surface area contributed by atoms with E-state index in [1.54, 1.807) is 26.2 Å².